The number of hydrazone groups is 1. The lowest BCUT2D eigenvalue weighted by atomic mass is 10.1. The molecule has 0 bridgehead atoms. The van der Waals surface area contributed by atoms with Gasteiger partial charge in [-0.2, -0.15) is 5.10 Å². The van der Waals surface area contributed by atoms with Crippen molar-refractivity contribution in [3.05, 3.63) is 77.7 Å². The number of aromatic nitrogens is 2. The Hall–Kier alpha value is -3.54. The molecule has 0 radical (unpaired) electrons. The molecule has 1 amide bonds. The molecule has 0 aliphatic rings. The molecule has 0 saturated carbocycles. The summed E-state index contributed by atoms with van der Waals surface area (Å²) < 4.78 is 5.36. The van der Waals surface area contributed by atoms with Gasteiger partial charge < -0.3 is 4.42 Å². The van der Waals surface area contributed by atoms with Gasteiger partial charge in [-0.3, -0.25) is 4.79 Å². The Balaban J connectivity index is 1.61. The second kappa shape index (κ2) is 7.83. The SMILES string of the molecule is CC(=C/c1ccccc1)/C=N/NC(=O)c1nnc(-c2ccccc2)o1. The molecule has 1 N–H and O–H groups in total. The van der Waals surface area contributed by atoms with E-state index in [0.29, 0.717) is 0 Å². The van der Waals surface area contributed by atoms with Gasteiger partial charge in [-0.25, -0.2) is 5.43 Å². The molecule has 0 fully saturated rings. The maximum absolute atomic E-state index is 12.0. The van der Waals surface area contributed by atoms with Crippen molar-refractivity contribution in [3.63, 3.8) is 0 Å². The van der Waals surface area contributed by atoms with E-state index in [0.717, 1.165) is 16.7 Å². The lowest BCUT2D eigenvalue weighted by Gasteiger charge is -1.96. The van der Waals surface area contributed by atoms with Crippen LogP contribution in [0.3, 0.4) is 0 Å². The minimum Gasteiger partial charge on any atom is -0.412 e. The van der Waals surface area contributed by atoms with Crippen LogP contribution in [0.25, 0.3) is 17.5 Å². The fraction of sp³-hybridized carbons (Fsp3) is 0.0526. The molecule has 3 aromatic rings. The van der Waals surface area contributed by atoms with Crippen molar-refractivity contribution in [1.29, 1.82) is 0 Å². The number of rotatable bonds is 5. The number of hydrogen-bond donors (Lipinski definition) is 1. The van der Waals surface area contributed by atoms with Crippen molar-refractivity contribution in [2.45, 2.75) is 6.92 Å². The quantitative estimate of drug-likeness (QED) is 0.572. The van der Waals surface area contributed by atoms with Crippen molar-refractivity contribution in [1.82, 2.24) is 15.6 Å². The summed E-state index contributed by atoms with van der Waals surface area (Å²) in [5, 5.41) is 11.5. The normalized spacial score (nSPS) is 11.6. The van der Waals surface area contributed by atoms with Gasteiger partial charge in [-0.1, -0.05) is 54.6 Å². The minimum atomic E-state index is -0.557. The van der Waals surface area contributed by atoms with E-state index in [1.165, 1.54) is 0 Å². The molecule has 2 aromatic carbocycles. The van der Waals surface area contributed by atoms with Crippen LogP contribution in [-0.2, 0) is 0 Å². The first-order valence-corrected chi connectivity index (χ1v) is 7.68. The van der Waals surface area contributed by atoms with E-state index in [1.807, 2.05) is 73.7 Å². The van der Waals surface area contributed by atoms with E-state index in [1.54, 1.807) is 6.21 Å². The average Bonchev–Trinajstić information content (AvgIpc) is 3.13. The van der Waals surface area contributed by atoms with E-state index in [2.05, 4.69) is 20.7 Å². The molecule has 0 unspecified atom stereocenters. The molecule has 124 valence electrons. The summed E-state index contributed by atoms with van der Waals surface area (Å²) >= 11 is 0. The molecule has 6 heteroatoms. The number of allylic oxidation sites excluding steroid dienone is 1. The maximum Gasteiger partial charge on any atom is 0.328 e. The molecule has 6 nitrogen and oxygen atoms in total. The summed E-state index contributed by atoms with van der Waals surface area (Å²) in [4.78, 5) is 12.0. The third kappa shape index (κ3) is 4.48. The van der Waals surface area contributed by atoms with Gasteiger partial charge >= 0.3 is 11.8 Å². The van der Waals surface area contributed by atoms with Crippen molar-refractivity contribution in [2.24, 2.45) is 5.10 Å². The number of hydrogen-bond acceptors (Lipinski definition) is 5. The van der Waals surface area contributed by atoms with Gasteiger partial charge in [0, 0.05) is 5.56 Å². The lowest BCUT2D eigenvalue weighted by Crippen LogP contribution is -2.17. The topological polar surface area (TPSA) is 80.4 Å². The largest absolute Gasteiger partial charge is 0.412 e. The zero-order valence-corrected chi connectivity index (χ0v) is 13.6. The van der Waals surface area contributed by atoms with Gasteiger partial charge in [0.2, 0.25) is 5.89 Å². The first-order valence-electron chi connectivity index (χ1n) is 7.68. The molecule has 25 heavy (non-hydrogen) atoms. The fourth-order valence-electron chi connectivity index (χ4n) is 2.10. The first kappa shape index (κ1) is 16.3. The molecule has 0 aliphatic heterocycles. The highest BCUT2D eigenvalue weighted by Crippen LogP contribution is 2.16. The average molecular weight is 332 g/mol. The molecule has 0 atom stereocenters. The molecular formula is C19H16N4O2. The summed E-state index contributed by atoms with van der Waals surface area (Å²) in [6, 6.07) is 19.1. The van der Waals surface area contributed by atoms with Gasteiger partial charge in [0.25, 0.3) is 0 Å². The number of nitrogens with zero attached hydrogens (tertiary/aromatic N) is 3. The van der Waals surface area contributed by atoms with Crippen LogP contribution < -0.4 is 5.43 Å². The number of carbonyl (C=O) groups is 1. The monoisotopic (exact) mass is 332 g/mol. The molecular weight excluding hydrogens is 316 g/mol. The zero-order valence-electron chi connectivity index (χ0n) is 13.6. The Bertz CT molecular complexity index is 899. The Morgan fingerprint density at radius 1 is 1.04 bits per heavy atom. The molecule has 0 saturated heterocycles. The molecule has 1 aromatic heterocycles. The van der Waals surface area contributed by atoms with Crippen LogP contribution in [0.1, 0.15) is 23.2 Å². The molecule has 3 rings (SSSR count). The standard InChI is InChI=1S/C19H16N4O2/c1-14(12-15-8-4-2-5-9-15)13-20-21-17(24)19-23-22-18(25-19)16-10-6-3-7-11-16/h2-13H,1H3,(H,21,24)/b14-12-,20-13+. The zero-order chi connectivity index (χ0) is 17.5. The number of benzene rings is 2. The highest BCUT2D eigenvalue weighted by atomic mass is 16.4. The third-order valence-corrected chi connectivity index (χ3v) is 3.27. The van der Waals surface area contributed by atoms with E-state index in [4.69, 9.17) is 4.42 Å². The van der Waals surface area contributed by atoms with Crippen molar-refractivity contribution in [2.75, 3.05) is 0 Å². The van der Waals surface area contributed by atoms with Crippen LogP contribution in [0.15, 0.2) is 75.8 Å². The Morgan fingerprint density at radius 3 is 2.44 bits per heavy atom. The van der Waals surface area contributed by atoms with Crippen molar-refractivity contribution in [3.8, 4) is 11.5 Å². The minimum absolute atomic E-state index is 0.138. The Morgan fingerprint density at radius 2 is 1.72 bits per heavy atom. The summed E-state index contributed by atoms with van der Waals surface area (Å²) in [5.74, 6) is -0.408. The lowest BCUT2D eigenvalue weighted by molar-refractivity contribution is 0.0921. The van der Waals surface area contributed by atoms with E-state index < -0.39 is 5.91 Å². The van der Waals surface area contributed by atoms with Crippen molar-refractivity contribution >= 4 is 18.2 Å². The van der Waals surface area contributed by atoms with E-state index >= 15 is 0 Å². The van der Waals surface area contributed by atoms with E-state index in [9.17, 15) is 4.79 Å². The van der Waals surface area contributed by atoms with Gasteiger partial charge in [0.05, 0.1) is 6.21 Å². The highest BCUT2D eigenvalue weighted by molar-refractivity contribution is 5.91. The predicted molar refractivity (Wildman–Crippen MR) is 95.8 cm³/mol. The Labute approximate surface area is 144 Å². The molecule has 0 aliphatic carbocycles. The van der Waals surface area contributed by atoms with E-state index in [-0.39, 0.29) is 11.8 Å². The van der Waals surface area contributed by atoms with Crippen LogP contribution >= 0.6 is 0 Å². The van der Waals surface area contributed by atoms with Gasteiger partial charge in [-0.15, -0.1) is 10.2 Å². The second-order valence-corrected chi connectivity index (χ2v) is 5.28. The smallest absolute Gasteiger partial charge is 0.328 e. The van der Waals surface area contributed by atoms with Crippen LogP contribution in [0.2, 0.25) is 0 Å². The second-order valence-electron chi connectivity index (χ2n) is 5.28. The van der Waals surface area contributed by atoms with Crippen LogP contribution in [-0.4, -0.2) is 22.3 Å². The number of amides is 1. The summed E-state index contributed by atoms with van der Waals surface area (Å²) in [5.41, 5.74) is 5.07. The molecule has 0 spiro atoms. The van der Waals surface area contributed by atoms with Gasteiger partial charge in [-0.05, 0) is 30.2 Å². The van der Waals surface area contributed by atoms with Gasteiger partial charge in [0.15, 0.2) is 0 Å². The van der Waals surface area contributed by atoms with Crippen LogP contribution in [0.5, 0.6) is 0 Å². The first-order chi connectivity index (χ1) is 12.2. The maximum atomic E-state index is 12.0. The summed E-state index contributed by atoms with van der Waals surface area (Å²) in [6.45, 7) is 1.89. The number of carbonyl (C=O) groups excluding carboxylic acids is 1. The van der Waals surface area contributed by atoms with Crippen LogP contribution in [0, 0.1) is 0 Å². The highest BCUT2D eigenvalue weighted by Gasteiger charge is 2.14. The third-order valence-electron chi connectivity index (χ3n) is 3.27. The molecule has 1 heterocycles. The summed E-state index contributed by atoms with van der Waals surface area (Å²) in [6.07, 6.45) is 3.51. The number of nitrogens with one attached hydrogen (secondary N) is 1. The fourth-order valence-corrected chi connectivity index (χ4v) is 2.10. The van der Waals surface area contributed by atoms with Gasteiger partial charge in [0.1, 0.15) is 0 Å². The predicted octanol–water partition coefficient (Wildman–Crippen LogP) is 3.56. The van der Waals surface area contributed by atoms with Crippen molar-refractivity contribution < 1.29 is 9.21 Å². The van der Waals surface area contributed by atoms with Crippen LogP contribution in [0.4, 0.5) is 0 Å². The summed E-state index contributed by atoms with van der Waals surface area (Å²) in [7, 11) is 0. The Kier molecular flexibility index (Phi) is 5.11.